The minimum Gasteiger partial charge on any atom is -0.458 e. The van der Waals surface area contributed by atoms with Crippen LogP contribution >= 0.6 is 0 Å². The van der Waals surface area contributed by atoms with E-state index in [0.29, 0.717) is 5.76 Å². The summed E-state index contributed by atoms with van der Waals surface area (Å²) < 4.78 is 31.0. The number of hydrogen-bond acceptors (Lipinski definition) is 4. The van der Waals surface area contributed by atoms with Crippen molar-refractivity contribution < 1.29 is 13.2 Å². The highest BCUT2D eigenvalue weighted by molar-refractivity contribution is 5.78. The highest BCUT2D eigenvalue weighted by atomic mass is 19.3. The van der Waals surface area contributed by atoms with Crippen LogP contribution in [0.15, 0.2) is 27.7 Å². The number of rotatable bonds is 4. The summed E-state index contributed by atoms with van der Waals surface area (Å²) in [6.07, 6.45) is 1.35. The fourth-order valence-electron chi connectivity index (χ4n) is 1.39. The van der Waals surface area contributed by atoms with Gasteiger partial charge in [-0.3, -0.25) is 0 Å². The first kappa shape index (κ1) is 13.0. The third kappa shape index (κ3) is 3.27. The lowest BCUT2D eigenvalue weighted by atomic mass is 10.3. The lowest BCUT2D eigenvalue weighted by Crippen LogP contribution is -2.21. The van der Waals surface area contributed by atoms with Gasteiger partial charge in [-0.1, -0.05) is 0 Å². The van der Waals surface area contributed by atoms with Gasteiger partial charge in [0.1, 0.15) is 12.3 Å². The Labute approximate surface area is 106 Å². The molecule has 0 radical (unpaired) electrons. The smallest absolute Gasteiger partial charge is 0.301 e. The van der Waals surface area contributed by atoms with Crippen molar-refractivity contribution in [2.45, 2.75) is 19.4 Å². The lowest BCUT2D eigenvalue weighted by molar-refractivity contribution is -0.00640. The Morgan fingerprint density at radius 1 is 1.47 bits per heavy atom. The van der Waals surface area contributed by atoms with Crippen LogP contribution in [0.2, 0.25) is 0 Å². The molecule has 102 valence electrons. The molecule has 0 amide bonds. The van der Waals surface area contributed by atoms with E-state index in [-0.39, 0.29) is 18.3 Å². The first-order chi connectivity index (χ1) is 8.84. The molecule has 4 N–H and O–H groups in total. The van der Waals surface area contributed by atoms with Gasteiger partial charge in [-0.25, -0.2) is 0 Å². The maximum atomic E-state index is 13.0. The molecule has 7 nitrogen and oxygen atoms in total. The number of hydrogen-bond donors (Lipinski definition) is 2. The zero-order valence-corrected chi connectivity index (χ0v) is 10.0. The maximum Gasteiger partial charge on any atom is 0.301 e. The zero-order valence-electron chi connectivity index (χ0n) is 10.0. The zero-order chi connectivity index (χ0) is 14.0. The molecule has 0 spiro atoms. The molecule has 0 unspecified atom stereocenters. The predicted molar refractivity (Wildman–Crippen MR) is 62.9 cm³/mol. The number of furan rings is 1. The summed E-state index contributed by atoms with van der Waals surface area (Å²) in [7, 11) is 0. The molecular weight excluding hydrogens is 258 g/mol. The number of guanidine groups is 1. The summed E-state index contributed by atoms with van der Waals surface area (Å²) in [5.74, 6) is -3.02. The molecule has 2 aromatic heterocycles. The average Bonchev–Trinajstić information content (AvgIpc) is 2.86. The maximum absolute atomic E-state index is 13.0. The Bertz CT molecular complexity index is 593. The van der Waals surface area contributed by atoms with Gasteiger partial charge in [0.05, 0.1) is 6.20 Å². The molecule has 2 heterocycles. The molecule has 0 saturated carbocycles. The standard InChI is InChI=1S/C10H12F2N6O/c1-10(11,12)7-3-2-6(19-7)5-18-15-4-8(17-18)16-9(13)14/h2-4H,5H2,1H3,(H4,13,14,16,17). The van der Waals surface area contributed by atoms with Gasteiger partial charge in [0.2, 0.25) is 0 Å². The molecule has 0 aromatic carbocycles. The van der Waals surface area contributed by atoms with Crippen molar-refractivity contribution in [2.75, 3.05) is 0 Å². The minimum absolute atomic E-state index is 0.107. The fraction of sp³-hybridized carbons (Fsp3) is 0.300. The van der Waals surface area contributed by atoms with Gasteiger partial charge in [-0.05, 0) is 12.1 Å². The van der Waals surface area contributed by atoms with E-state index in [2.05, 4.69) is 15.2 Å². The highest BCUT2D eigenvalue weighted by Crippen LogP contribution is 2.28. The van der Waals surface area contributed by atoms with Gasteiger partial charge in [0.25, 0.3) is 0 Å². The van der Waals surface area contributed by atoms with Gasteiger partial charge in [-0.15, -0.1) is 5.10 Å². The van der Waals surface area contributed by atoms with Crippen molar-refractivity contribution >= 4 is 11.8 Å². The summed E-state index contributed by atoms with van der Waals surface area (Å²) in [6, 6.07) is 2.66. The molecule has 2 rings (SSSR count). The van der Waals surface area contributed by atoms with Crippen LogP contribution in [-0.2, 0) is 12.5 Å². The SMILES string of the molecule is CC(F)(F)c1ccc(Cn2ncc(N=C(N)N)n2)o1. The van der Waals surface area contributed by atoms with Crippen molar-refractivity contribution in [2.24, 2.45) is 16.5 Å². The summed E-state index contributed by atoms with van der Waals surface area (Å²) in [6.45, 7) is 0.870. The number of alkyl halides is 2. The van der Waals surface area contributed by atoms with Crippen LogP contribution in [0.25, 0.3) is 0 Å². The van der Waals surface area contributed by atoms with Crippen LogP contribution in [0.3, 0.4) is 0 Å². The molecule has 0 atom stereocenters. The van der Waals surface area contributed by atoms with Gasteiger partial charge in [0, 0.05) is 6.92 Å². The molecule has 0 aliphatic heterocycles. The van der Waals surface area contributed by atoms with Crippen LogP contribution in [0.4, 0.5) is 14.6 Å². The van der Waals surface area contributed by atoms with Crippen molar-refractivity contribution in [3.63, 3.8) is 0 Å². The Hall–Kier alpha value is -2.45. The van der Waals surface area contributed by atoms with Crippen LogP contribution in [-0.4, -0.2) is 21.0 Å². The molecule has 0 fully saturated rings. The highest BCUT2D eigenvalue weighted by Gasteiger charge is 2.28. The molecule has 0 saturated heterocycles. The minimum atomic E-state index is -3.01. The van der Waals surface area contributed by atoms with Crippen molar-refractivity contribution in [1.82, 2.24) is 15.0 Å². The van der Waals surface area contributed by atoms with Crippen LogP contribution < -0.4 is 11.5 Å². The Morgan fingerprint density at radius 2 is 2.21 bits per heavy atom. The predicted octanol–water partition coefficient (Wildman–Crippen LogP) is 0.936. The van der Waals surface area contributed by atoms with Crippen molar-refractivity contribution in [3.05, 3.63) is 29.9 Å². The van der Waals surface area contributed by atoms with E-state index in [1.807, 2.05) is 0 Å². The molecule has 9 heteroatoms. The van der Waals surface area contributed by atoms with Gasteiger partial charge in [-0.2, -0.15) is 23.7 Å². The molecule has 0 bridgehead atoms. The molecule has 0 aliphatic rings. The van der Waals surface area contributed by atoms with Crippen LogP contribution in [0.5, 0.6) is 0 Å². The summed E-state index contributed by atoms with van der Waals surface area (Å²) in [5.41, 5.74) is 10.4. The molecule has 19 heavy (non-hydrogen) atoms. The number of nitrogens with two attached hydrogens (primary N) is 2. The third-order valence-electron chi connectivity index (χ3n) is 2.16. The molecule has 0 aliphatic carbocycles. The van der Waals surface area contributed by atoms with Crippen molar-refractivity contribution in [1.29, 1.82) is 0 Å². The fourth-order valence-corrected chi connectivity index (χ4v) is 1.39. The Kier molecular flexibility index (Phi) is 3.19. The number of aliphatic imine (C=N–C) groups is 1. The van der Waals surface area contributed by atoms with Gasteiger partial charge in [0.15, 0.2) is 17.5 Å². The van der Waals surface area contributed by atoms with Crippen LogP contribution in [0.1, 0.15) is 18.4 Å². The van der Waals surface area contributed by atoms with E-state index in [0.717, 1.165) is 6.92 Å². The van der Waals surface area contributed by atoms with E-state index in [9.17, 15) is 8.78 Å². The topological polar surface area (TPSA) is 108 Å². The summed E-state index contributed by atoms with van der Waals surface area (Å²) in [4.78, 5) is 4.93. The second-order valence-electron chi connectivity index (χ2n) is 3.92. The normalized spacial score (nSPS) is 11.5. The van der Waals surface area contributed by atoms with E-state index in [1.54, 1.807) is 0 Å². The number of halogens is 2. The van der Waals surface area contributed by atoms with E-state index in [4.69, 9.17) is 15.9 Å². The molecular formula is C10H12F2N6O. The third-order valence-corrected chi connectivity index (χ3v) is 2.16. The first-order valence-corrected chi connectivity index (χ1v) is 5.31. The van der Waals surface area contributed by atoms with Gasteiger partial charge >= 0.3 is 5.92 Å². The van der Waals surface area contributed by atoms with Crippen molar-refractivity contribution in [3.8, 4) is 0 Å². The van der Waals surface area contributed by atoms with E-state index in [1.165, 1.54) is 23.1 Å². The lowest BCUT2D eigenvalue weighted by Gasteiger charge is -2.05. The van der Waals surface area contributed by atoms with E-state index < -0.39 is 11.7 Å². The monoisotopic (exact) mass is 270 g/mol. The number of aromatic nitrogens is 3. The largest absolute Gasteiger partial charge is 0.458 e. The number of nitrogens with zero attached hydrogens (tertiary/aromatic N) is 4. The second-order valence-corrected chi connectivity index (χ2v) is 3.92. The van der Waals surface area contributed by atoms with Crippen LogP contribution in [0, 0.1) is 0 Å². The average molecular weight is 270 g/mol. The second kappa shape index (κ2) is 4.67. The Balaban J connectivity index is 2.11. The summed E-state index contributed by atoms with van der Waals surface area (Å²) in [5, 5.41) is 7.80. The first-order valence-electron chi connectivity index (χ1n) is 5.31. The van der Waals surface area contributed by atoms with E-state index >= 15 is 0 Å². The summed E-state index contributed by atoms with van der Waals surface area (Å²) >= 11 is 0. The Morgan fingerprint density at radius 3 is 2.79 bits per heavy atom. The van der Waals surface area contributed by atoms with Gasteiger partial charge < -0.3 is 15.9 Å². The quantitative estimate of drug-likeness (QED) is 0.634. The molecule has 2 aromatic rings.